The molecule has 0 spiro atoms. The zero-order chi connectivity index (χ0) is 12.8. The van der Waals surface area contributed by atoms with Crippen molar-refractivity contribution < 1.29 is 17.9 Å². The van der Waals surface area contributed by atoms with Crippen LogP contribution in [-0.4, -0.2) is 41.0 Å². The lowest BCUT2D eigenvalue weighted by atomic mass is 10.7. The lowest BCUT2D eigenvalue weighted by molar-refractivity contribution is -0.134. The summed E-state index contributed by atoms with van der Waals surface area (Å²) in [4.78, 5) is 10.9. The molecule has 16 heavy (non-hydrogen) atoms. The van der Waals surface area contributed by atoms with Crippen LogP contribution >= 0.6 is 0 Å². The second-order valence-electron chi connectivity index (χ2n) is 4.58. The van der Waals surface area contributed by atoms with Gasteiger partial charge >= 0.3 is 5.97 Å². The van der Waals surface area contributed by atoms with Crippen molar-refractivity contribution in [3.63, 3.8) is 0 Å². The van der Waals surface area contributed by atoms with Crippen molar-refractivity contribution in [1.29, 1.82) is 0 Å². The Balaban J connectivity index is 4.31. The summed E-state index contributed by atoms with van der Waals surface area (Å²) in [6, 6.07) is 0.634. The molecule has 0 saturated carbocycles. The molecule has 0 unspecified atom stereocenters. The minimum Gasteiger partial charge on any atom is -0.462 e. The van der Waals surface area contributed by atoms with Gasteiger partial charge in [0.15, 0.2) is 0 Å². The number of sulfonamides is 1. The molecule has 0 heterocycles. The highest BCUT2D eigenvalue weighted by Gasteiger charge is 2.18. The smallest absolute Gasteiger partial charge is 0.350 e. The number of hydrogen-bond acceptors (Lipinski definition) is 4. The summed E-state index contributed by atoms with van der Waals surface area (Å²) < 4.78 is 30.6. The molecule has 0 aliphatic heterocycles. The van der Waals surface area contributed by atoms with Gasteiger partial charge in [0.05, 0.1) is 12.4 Å². The Bertz CT molecular complexity index is 356. The van der Waals surface area contributed by atoms with Gasteiger partial charge in [-0.3, -0.25) is 0 Å². The maximum Gasteiger partial charge on any atom is 0.350 e. The number of ether oxygens (including phenoxy) is 1. The van der Waals surface area contributed by atoms with Crippen LogP contribution in [0, 0.1) is 0 Å². The standard InChI is InChI=1S/C9H19NO4SSi/c1-5-14-9(11)8-10-15(12,13)6-7-16(2,3)4/h8H,5-7H2,1-4H3/b10-8+. The van der Waals surface area contributed by atoms with E-state index >= 15 is 0 Å². The number of hydrogen-bond donors (Lipinski definition) is 0. The summed E-state index contributed by atoms with van der Waals surface area (Å²) in [5.41, 5.74) is 0. The van der Waals surface area contributed by atoms with Gasteiger partial charge in [-0.15, -0.1) is 0 Å². The zero-order valence-corrected chi connectivity index (χ0v) is 12.0. The topological polar surface area (TPSA) is 72.8 Å². The van der Waals surface area contributed by atoms with Crippen LogP contribution < -0.4 is 0 Å². The fourth-order valence-corrected chi connectivity index (χ4v) is 4.62. The highest BCUT2D eigenvalue weighted by atomic mass is 32.2. The Morgan fingerprint density at radius 3 is 2.38 bits per heavy atom. The number of nitrogens with zero attached hydrogens (tertiary/aromatic N) is 1. The lowest BCUT2D eigenvalue weighted by Crippen LogP contribution is -2.23. The molecule has 0 radical (unpaired) electrons. The van der Waals surface area contributed by atoms with E-state index in [1.54, 1.807) is 6.92 Å². The highest BCUT2D eigenvalue weighted by Crippen LogP contribution is 2.10. The number of rotatable bonds is 6. The second kappa shape index (κ2) is 6.14. The molecule has 0 aliphatic rings. The average Bonchev–Trinajstić information content (AvgIpc) is 2.12. The predicted molar refractivity (Wildman–Crippen MR) is 67.1 cm³/mol. The van der Waals surface area contributed by atoms with Crippen molar-refractivity contribution in [1.82, 2.24) is 0 Å². The van der Waals surface area contributed by atoms with Gasteiger partial charge in [-0.25, -0.2) is 13.2 Å². The first-order chi connectivity index (χ1) is 7.16. The Kier molecular flexibility index (Phi) is 5.88. The molecule has 0 bridgehead atoms. The molecule has 0 atom stereocenters. The fourth-order valence-electron chi connectivity index (χ4n) is 0.791. The monoisotopic (exact) mass is 265 g/mol. The van der Waals surface area contributed by atoms with Crippen LogP contribution in [0.25, 0.3) is 0 Å². The minimum absolute atomic E-state index is 0.00136. The van der Waals surface area contributed by atoms with Crippen molar-refractivity contribution in [2.24, 2.45) is 4.40 Å². The fraction of sp³-hybridized carbons (Fsp3) is 0.778. The van der Waals surface area contributed by atoms with Crippen molar-refractivity contribution in [3.05, 3.63) is 0 Å². The molecular formula is C9H19NO4SSi. The molecule has 0 aromatic heterocycles. The number of esters is 1. The second-order valence-corrected chi connectivity index (χ2v) is 12.0. The quantitative estimate of drug-likeness (QED) is 0.412. The first-order valence-corrected chi connectivity index (χ1v) is 10.4. The predicted octanol–water partition coefficient (Wildman–Crippen LogP) is 1.29. The van der Waals surface area contributed by atoms with Gasteiger partial charge < -0.3 is 4.74 Å². The first kappa shape index (κ1) is 15.3. The summed E-state index contributed by atoms with van der Waals surface area (Å²) in [7, 11) is -4.93. The molecule has 94 valence electrons. The van der Waals surface area contributed by atoms with Crippen LogP contribution in [0.2, 0.25) is 25.7 Å². The highest BCUT2D eigenvalue weighted by molar-refractivity contribution is 7.90. The molecule has 0 fully saturated rings. The van der Waals surface area contributed by atoms with Crippen LogP contribution in [0.4, 0.5) is 0 Å². The van der Waals surface area contributed by atoms with E-state index in [2.05, 4.69) is 28.8 Å². The van der Waals surface area contributed by atoms with E-state index in [4.69, 9.17) is 0 Å². The molecule has 5 nitrogen and oxygen atoms in total. The van der Waals surface area contributed by atoms with Gasteiger partial charge in [-0.1, -0.05) is 19.6 Å². The third kappa shape index (κ3) is 8.60. The third-order valence-electron chi connectivity index (χ3n) is 1.72. The van der Waals surface area contributed by atoms with Gasteiger partial charge in [0.2, 0.25) is 0 Å². The minimum atomic E-state index is -3.52. The van der Waals surface area contributed by atoms with E-state index < -0.39 is 24.1 Å². The lowest BCUT2D eigenvalue weighted by Gasteiger charge is -2.13. The molecule has 0 N–H and O–H groups in total. The molecular weight excluding hydrogens is 246 g/mol. The van der Waals surface area contributed by atoms with Crippen molar-refractivity contribution >= 4 is 30.3 Å². The van der Waals surface area contributed by atoms with Gasteiger partial charge in [-0.2, -0.15) is 4.40 Å². The third-order valence-corrected chi connectivity index (χ3v) is 4.97. The van der Waals surface area contributed by atoms with E-state index in [0.29, 0.717) is 6.04 Å². The van der Waals surface area contributed by atoms with Crippen LogP contribution in [0.1, 0.15) is 6.92 Å². The maximum absolute atomic E-state index is 11.4. The summed E-state index contributed by atoms with van der Waals surface area (Å²) in [6.07, 6.45) is 0.725. The summed E-state index contributed by atoms with van der Waals surface area (Å²) in [5, 5.41) is 0. The Morgan fingerprint density at radius 1 is 1.38 bits per heavy atom. The van der Waals surface area contributed by atoms with Gasteiger partial charge in [0.1, 0.15) is 6.21 Å². The summed E-state index contributed by atoms with van der Waals surface area (Å²) in [6.45, 7) is 8.10. The van der Waals surface area contributed by atoms with E-state index in [0.717, 1.165) is 6.21 Å². The Morgan fingerprint density at radius 2 is 1.94 bits per heavy atom. The molecule has 0 rings (SSSR count). The van der Waals surface area contributed by atoms with E-state index in [1.165, 1.54) is 0 Å². The summed E-state index contributed by atoms with van der Waals surface area (Å²) in [5.74, 6) is -0.724. The average molecular weight is 265 g/mol. The molecule has 0 aliphatic carbocycles. The van der Waals surface area contributed by atoms with Gasteiger partial charge in [0.25, 0.3) is 10.0 Å². The van der Waals surface area contributed by atoms with Crippen molar-refractivity contribution in [3.8, 4) is 0 Å². The zero-order valence-electron chi connectivity index (χ0n) is 10.2. The maximum atomic E-state index is 11.4. The van der Waals surface area contributed by atoms with E-state index in [9.17, 15) is 13.2 Å². The van der Waals surface area contributed by atoms with Crippen LogP contribution in [0.5, 0.6) is 0 Å². The van der Waals surface area contributed by atoms with Gasteiger partial charge in [-0.05, 0) is 13.0 Å². The molecule has 0 aromatic carbocycles. The number of carbonyl (C=O) groups excluding carboxylic acids is 1. The van der Waals surface area contributed by atoms with E-state index in [1.807, 2.05) is 0 Å². The largest absolute Gasteiger partial charge is 0.462 e. The van der Waals surface area contributed by atoms with Gasteiger partial charge in [0, 0.05) is 8.07 Å². The molecule has 0 aromatic rings. The Hall–Kier alpha value is -0.693. The van der Waals surface area contributed by atoms with Crippen LogP contribution in [0.3, 0.4) is 0 Å². The molecule has 7 heteroatoms. The SMILES string of the molecule is CCOC(=O)/C=N/S(=O)(=O)CC[Si](C)(C)C. The van der Waals surface area contributed by atoms with Crippen LogP contribution in [0.15, 0.2) is 4.40 Å². The van der Waals surface area contributed by atoms with Crippen LogP contribution in [-0.2, 0) is 19.6 Å². The normalized spacial score (nSPS) is 13.0. The first-order valence-electron chi connectivity index (χ1n) is 5.11. The molecule has 0 amide bonds. The number of carbonyl (C=O) groups is 1. The molecule has 0 saturated heterocycles. The summed E-state index contributed by atoms with van der Waals surface area (Å²) >= 11 is 0. The Labute approximate surface area is 98.0 Å². The van der Waals surface area contributed by atoms with Crippen molar-refractivity contribution in [2.45, 2.75) is 32.6 Å². The van der Waals surface area contributed by atoms with Crippen molar-refractivity contribution in [2.75, 3.05) is 12.4 Å². The van der Waals surface area contributed by atoms with E-state index in [-0.39, 0.29) is 12.4 Å².